The standard InChI is InChI=1S/C17H20N6O2.CH2O2/c1-12-15(25-13(2)18-12)16(24)21-7-5-8-22(11-10-21)17-20-19-14-6-3-4-9-23(14)17;2-1-3/h3-4,6,9H,5,7-8,10-11H2,1-2H3;1H,(H,2,3). The third-order valence-corrected chi connectivity index (χ3v) is 4.46. The summed E-state index contributed by atoms with van der Waals surface area (Å²) in [5, 5.41) is 15.4. The van der Waals surface area contributed by atoms with E-state index >= 15 is 0 Å². The summed E-state index contributed by atoms with van der Waals surface area (Å²) < 4.78 is 7.46. The first-order valence-electron chi connectivity index (χ1n) is 8.91. The molecule has 1 N–H and O–H groups in total. The molecule has 10 heteroatoms. The molecule has 0 spiro atoms. The number of anilines is 1. The van der Waals surface area contributed by atoms with Gasteiger partial charge in [-0.3, -0.25) is 14.0 Å². The Morgan fingerprint density at radius 2 is 1.96 bits per heavy atom. The summed E-state index contributed by atoms with van der Waals surface area (Å²) in [6.07, 6.45) is 2.82. The van der Waals surface area contributed by atoms with E-state index in [0.717, 1.165) is 24.6 Å². The monoisotopic (exact) mass is 386 g/mol. The number of pyridine rings is 1. The minimum atomic E-state index is -0.250. The molecule has 4 heterocycles. The maximum absolute atomic E-state index is 12.7. The molecule has 148 valence electrons. The average Bonchev–Trinajstić information content (AvgIpc) is 3.16. The number of nitrogens with zero attached hydrogens (tertiary/aromatic N) is 6. The van der Waals surface area contributed by atoms with Crippen molar-refractivity contribution in [2.75, 3.05) is 31.1 Å². The van der Waals surface area contributed by atoms with Crippen molar-refractivity contribution < 1.29 is 19.1 Å². The van der Waals surface area contributed by atoms with Gasteiger partial charge in [0.15, 0.2) is 11.5 Å². The molecule has 1 aliphatic heterocycles. The predicted octanol–water partition coefficient (Wildman–Crippen LogP) is 1.39. The molecule has 0 unspecified atom stereocenters. The second kappa shape index (κ2) is 8.51. The quantitative estimate of drug-likeness (QED) is 0.657. The Morgan fingerprint density at radius 3 is 2.68 bits per heavy atom. The minimum Gasteiger partial charge on any atom is -0.483 e. The number of rotatable bonds is 2. The number of carboxylic acid groups (broad SMARTS) is 1. The van der Waals surface area contributed by atoms with Crippen LogP contribution in [-0.2, 0) is 4.79 Å². The predicted molar refractivity (Wildman–Crippen MR) is 100 cm³/mol. The summed E-state index contributed by atoms with van der Waals surface area (Å²) in [5.41, 5.74) is 1.47. The van der Waals surface area contributed by atoms with E-state index in [4.69, 9.17) is 14.3 Å². The van der Waals surface area contributed by atoms with Gasteiger partial charge in [0.1, 0.15) is 0 Å². The Morgan fingerprint density at radius 1 is 1.18 bits per heavy atom. The topological polar surface area (TPSA) is 117 Å². The van der Waals surface area contributed by atoms with E-state index in [2.05, 4.69) is 20.1 Å². The highest BCUT2D eigenvalue weighted by atomic mass is 16.4. The molecule has 3 aromatic rings. The van der Waals surface area contributed by atoms with Gasteiger partial charge in [0.2, 0.25) is 11.7 Å². The van der Waals surface area contributed by atoms with Crippen molar-refractivity contribution in [1.29, 1.82) is 0 Å². The molecule has 0 radical (unpaired) electrons. The number of oxazole rings is 1. The number of aryl methyl sites for hydroxylation is 2. The molecular weight excluding hydrogens is 364 g/mol. The van der Waals surface area contributed by atoms with Crippen molar-refractivity contribution in [3.05, 3.63) is 41.7 Å². The molecule has 0 bridgehead atoms. The lowest BCUT2D eigenvalue weighted by atomic mass is 10.3. The number of amides is 1. The normalized spacial score (nSPS) is 14.4. The second-order valence-electron chi connectivity index (χ2n) is 6.31. The summed E-state index contributed by atoms with van der Waals surface area (Å²) in [7, 11) is 0. The van der Waals surface area contributed by atoms with Gasteiger partial charge in [-0.15, -0.1) is 10.2 Å². The van der Waals surface area contributed by atoms with Gasteiger partial charge in [0, 0.05) is 39.3 Å². The van der Waals surface area contributed by atoms with Crippen LogP contribution < -0.4 is 4.90 Å². The summed E-state index contributed by atoms with van der Waals surface area (Å²) in [6, 6.07) is 5.83. The maximum Gasteiger partial charge on any atom is 0.291 e. The summed E-state index contributed by atoms with van der Waals surface area (Å²) in [5.74, 6) is 1.59. The van der Waals surface area contributed by atoms with E-state index in [1.54, 1.807) is 13.8 Å². The number of aromatic nitrogens is 4. The largest absolute Gasteiger partial charge is 0.483 e. The summed E-state index contributed by atoms with van der Waals surface area (Å²) in [6.45, 7) is 6.13. The van der Waals surface area contributed by atoms with Crippen LogP contribution in [0.2, 0.25) is 0 Å². The van der Waals surface area contributed by atoms with Crippen LogP contribution in [0, 0.1) is 13.8 Å². The lowest BCUT2D eigenvalue weighted by molar-refractivity contribution is -0.122. The van der Waals surface area contributed by atoms with Gasteiger partial charge < -0.3 is 19.3 Å². The van der Waals surface area contributed by atoms with Crippen LogP contribution in [0.15, 0.2) is 28.8 Å². The molecule has 0 aromatic carbocycles. The molecule has 1 fully saturated rings. The molecule has 10 nitrogen and oxygen atoms in total. The molecule has 0 atom stereocenters. The van der Waals surface area contributed by atoms with E-state index in [1.807, 2.05) is 33.7 Å². The molecule has 1 saturated heterocycles. The van der Waals surface area contributed by atoms with Crippen LogP contribution in [0.25, 0.3) is 5.65 Å². The van der Waals surface area contributed by atoms with Crippen LogP contribution >= 0.6 is 0 Å². The zero-order valence-electron chi connectivity index (χ0n) is 15.8. The van der Waals surface area contributed by atoms with Crippen LogP contribution in [0.3, 0.4) is 0 Å². The third kappa shape index (κ3) is 3.95. The maximum atomic E-state index is 12.7. The molecule has 0 saturated carbocycles. The van der Waals surface area contributed by atoms with E-state index in [-0.39, 0.29) is 12.4 Å². The molecule has 0 aliphatic carbocycles. The molecule has 28 heavy (non-hydrogen) atoms. The number of carbonyl (C=O) groups excluding carboxylic acids is 1. The number of fused-ring (bicyclic) bond motifs is 1. The van der Waals surface area contributed by atoms with Crippen LogP contribution in [0.1, 0.15) is 28.6 Å². The van der Waals surface area contributed by atoms with Crippen molar-refractivity contribution in [2.45, 2.75) is 20.3 Å². The number of hydrogen-bond acceptors (Lipinski definition) is 7. The number of carbonyl (C=O) groups is 2. The SMILES string of the molecule is Cc1nc(C)c(C(=O)N2CCCN(c3nnc4ccccn34)CC2)o1.O=CO. The van der Waals surface area contributed by atoms with E-state index in [1.165, 1.54) is 0 Å². The first-order valence-corrected chi connectivity index (χ1v) is 8.91. The first kappa shape index (κ1) is 19.3. The van der Waals surface area contributed by atoms with Gasteiger partial charge in [0.25, 0.3) is 12.4 Å². The fourth-order valence-electron chi connectivity index (χ4n) is 3.24. The van der Waals surface area contributed by atoms with Crippen molar-refractivity contribution in [1.82, 2.24) is 24.5 Å². The van der Waals surface area contributed by atoms with Crippen molar-refractivity contribution in [2.24, 2.45) is 0 Å². The smallest absolute Gasteiger partial charge is 0.291 e. The Balaban J connectivity index is 0.000000706. The van der Waals surface area contributed by atoms with E-state index in [0.29, 0.717) is 37.0 Å². The van der Waals surface area contributed by atoms with Crippen molar-refractivity contribution in [3.8, 4) is 0 Å². The Hall–Kier alpha value is -3.43. The van der Waals surface area contributed by atoms with Gasteiger partial charge in [-0.1, -0.05) is 6.07 Å². The Labute approximate surface area is 161 Å². The van der Waals surface area contributed by atoms with Crippen molar-refractivity contribution >= 4 is 24.0 Å². The fraction of sp³-hybridized carbons (Fsp3) is 0.389. The molecular formula is C18H22N6O4. The van der Waals surface area contributed by atoms with Gasteiger partial charge in [0.05, 0.1) is 5.69 Å². The Kier molecular flexibility index (Phi) is 5.87. The van der Waals surface area contributed by atoms with E-state index < -0.39 is 0 Å². The molecule has 4 rings (SSSR count). The van der Waals surface area contributed by atoms with Gasteiger partial charge in [-0.2, -0.15) is 0 Å². The number of hydrogen-bond donors (Lipinski definition) is 1. The highest BCUT2D eigenvalue weighted by Crippen LogP contribution is 2.18. The lowest BCUT2D eigenvalue weighted by Gasteiger charge is -2.21. The summed E-state index contributed by atoms with van der Waals surface area (Å²) >= 11 is 0. The van der Waals surface area contributed by atoms with Gasteiger partial charge in [-0.05, 0) is 25.5 Å². The zero-order valence-corrected chi connectivity index (χ0v) is 15.8. The fourth-order valence-corrected chi connectivity index (χ4v) is 3.24. The molecule has 3 aromatic heterocycles. The zero-order chi connectivity index (χ0) is 20.1. The average molecular weight is 386 g/mol. The van der Waals surface area contributed by atoms with Gasteiger partial charge in [-0.25, -0.2) is 4.98 Å². The van der Waals surface area contributed by atoms with E-state index in [9.17, 15) is 4.79 Å². The minimum absolute atomic E-state index is 0.0916. The third-order valence-electron chi connectivity index (χ3n) is 4.46. The van der Waals surface area contributed by atoms with Crippen LogP contribution in [0.5, 0.6) is 0 Å². The first-order chi connectivity index (χ1) is 13.5. The van der Waals surface area contributed by atoms with Crippen LogP contribution in [0.4, 0.5) is 5.95 Å². The highest BCUT2D eigenvalue weighted by molar-refractivity contribution is 5.92. The lowest BCUT2D eigenvalue weighted by Crippen LogP contribution is -2.35. The van der Waals surface area contributed by atoms with Gasteiger partial charge >= 0.3 is 0 Å². The second-order valence-corrected chi connectivity index (χ2v) is 6.31. The summed E-state index contributed by atoms with van der Waals surface area (Å²) in [4.78, 5) is 29.3. The molecule has 1 aliphatic rings. The highest BCUT2D eigenvalue weighted by Gasteiger charge is 2.26. The van der Waals surface area contributed by atoms with Crippen LogP contribution in [-0.4, -0.2) is 68.1 Å². The Bertz CT molecular complexity index is 966. The van der Waals surface area contributed by atoms with Crippen molar-refractivity contribution in [3.63, 3.8) is 0 Å². The molecule has 1 amide bonds.